The predicted octanol–water partition coefficient (Wildman–Crippen LogP) is 2.51. The van der Waals surface area contributed by atoms with E-state index in [-0.39, 0.29) is 16.8 Å². The van der Waals surface area contributed by atoms with E-state index in [1.165, 1.54) is 0 Å². The largest absolute Gasteiger partial charge is 0.334 e. The van der Waals surface area contributed by atoms with Crippen molar-refractivity contribution >= 4 is 33.2 Å². The Morgan fingerprint density at radius 1 is 1.35 bits per heavy atom. The monoisotopic (exact) mass is 341 g/mol. The molecule has 1 aromatic rings. The summed E-state index contributed by atoms with van der Waals surface area (Å²) in [5.41, 5.74) is -0.843. The lowest BCUT2D eigenvalue weighted by atomic mass is 10.0. The van der Waals surface area contributed by atoms with Gasteiger partial charge in [-0.15, -0.1) is 23.2 Å². The highest BCUT2D eigenvalue weighted by Gasteiger charge is 2.33. The zero-order valence-corrected chi connectivity index (χ0v) is 14.3. The smallest absolute Gasteiger partial charge is 0.260 e. The summed E-state index contributed by atoms with van der Waals surface area (Å²) in [6.45, 7) is 6.38. The van der Waals surface area contributed by atoms with Crippen LogP contribution in [0.2, 0.25) is 0 Å². The number of aryl methyl sites for hydroxylation is 2. The number of nitrogens with zero attached hydrogens (tertiary/aromatic N) is 2. The Bertz CT molecular complexity index is 531. The van der Waals surface area contributed by atoms with Gasteiger partial charge >= 0.3 is 0 Å². The van der Waals surface area contributed by atoms with E-state index in [4.69, 9.17) is 23.2 Å². The topological polar surface area (TPSA) is 64.0 Å². The van der Waals surface area contributed by atoms with Crippen LogP contribution in [0.25, 0.3) is 0 Å². The molecule has 1 aromatic heterocycles. The van der Waals surface area contributed by atoms with Gasteiger partial charge in [0.2, 0.25) is 0 Å². The number of halogens is 2. The summed E-state index contributed by atoms with van der Waals surface area (Å²) in [6.07, 6.45) is 2.96. The number of sulfonamides is 1. The van der Waals surface area contributed by atoms with Crippen LogP contribution in [0.1, 0.15) is 32.5 Å². The van der Waals surface area contributed by atoms with Crippen molar-refractivity contribution in [2.75, 3.05) is 11.8 Å². The van der Waals surface area contributed by atoms with Crippen LogP contribution in [0.4, 0.5) is 0 Å². The molecule has 1 rings (SSSR count). The molecular weight excluding hydrogens is 321 g/mol. The maximum absolute atomic E-state index is 12.4. The van der Waals surface area contributed by atoms with E-state index in [2.05, 4.69) is 9.71 Å². The molecular formula is C12H21Cl2N3O2S. The van der Waals surface area contributed by atoms with Gasteiger partial charge in [0.05, 0.1) is 5.54 Å². The van der Waals surface area contributed by atoms with Crippen LogP contribution >= 0.6 is 23.2 Å². The second kappa shape index (κ2) is 7.11. The number of aromatic nitrogens is 2. The van der Waals surface area contributed by atoms with Crippen molar-refractivity contribution < 1.29 is 8.42 Å². The molecule has 0 aliphatic heterocycles. The van der Waals surface area contributed by atoms with E-state index < -0.39 is 15.6 Å². The maximum atomic E-state index is 12.4. The highest BCUT2D eigenvalue weighted by atomic mass is 35.5. The molecule has 0 amide bonds. The Morgan fingerprint density at radius 3 is 2.40 bits per heavy atom. The molecule has 116 valence electrons. The third kappa shape index (κ3) is 3.87. The molecule has 0 aromatic carbocycles. The summed E-state index contributed by atoms with van der Waals surface area (Å²) in [5.74, 6) is 0.896. The fraction of sp³-hybridized carbons (Fsp3) is 0.750. The molecule has 0 aliphatic carbocycles. The Hall–Kier alpha value is -0.300. The first-order valence-electron chi connectivity index (χ1n) is 6.53. The van der Waals surface area contributed by atoms with Crippen molar-refractivity contribution in [3.8, 4) is 0 Å². The number of hydrogen-bond donors (Lipinski definition) is 1. The number of imidazole rings is 1. The van der Waals surface area contributed by atoms with Gasteiger partial charge in [-0.25, -0.2) is 18.1 Å². The van der Waals surface area contributed by atoms with E-state index in [1.807, 2.05) is 18.4 Å². The van der Waals surface area contributed by atoms with E-state index in [0.29, 0.717) is 12.2 Å². The van der Waals surface area contributed by atoms with Crippen LogP contribution in [0.15, 0.2) is 11.2 Å². The standard InChI is InChI=1S/C12H21Cl2N3O2S/c1-4-6-17-7-11(15-10(17)3)20(18,19)16-12(5-2,8-13)9-14/h7,16H,4-6,8-9H2,1-3H3. The van der Waals surface area contributed by atoms with Crippen molar-refractivity contribution in [1.82, 2.24) is 14.3 Å². The van der Waals surface area contributed by atoms with Gasteiger partial charge in [-0.05, 0) is 19.8 Å². The second-order valence-electron chi connectivity index (χ2n) is 4.83. The van der Waals surface area contributed by atoms with Crippen molar-refractivity contribution in [2.45, 2.75) is 50.7 Å². The molecule has 0 unspecified atom stereocenters. The van der Waals surface area contributed by atoms with Gasteiger partial charge in [-0.3, -0.25) is 0 Å². The molecule has 0 radical (unpaired) electrons. The summed E-state index contributed by atoms with van der Waals surface area (Å²) in [4.78, 5) is 4.11. The Labute approximate surface area is 130 Å². The Kier molecular flexibility index (Phi) is 6.31. The van der Waals surface area contributed by atoms with E-state index in [1.54, 1.807) is 13.1 Å². The summed E-state index contributed by atoms with van der Waals surface area (Å²) in [7, 11) is -3.73. The van der Waals surface area contributed by atoms with Gasteiger partial charge in [0, 0.05) is 24.5 Å². The Morgan fingerprint density at radius 2 is 1.95 bits per heavy atom. The average Bonchev–Trinajstić information content (AvgIpc) is 2.79. The van der Waals surface area contributed by atoms with E-state index >= 15 is 0 Å². The second-order valence-corrected chi connectivity index (χ2v) is 6.99. The van der Waals surface area contributed by atoms with Crippen LogP contribution in [0, 0.1) is 6.92 Å². The normalized spacial score (nSPS) is 12.8. The van der Waals surface area contributed by atoms with Crippen LogP contribution in [0.3, 0.4) is 0 Å². The minimum absolute atomic E-state index is 0.0107. The summed E-state index contributed by atoms with van der Waals surface area (Å²) < 4.78 is 29.2. The molecule has 0 spiro atoms. The first-order chi connectivity index (χ1) is 9.34. The van der Waals surface area contributed by atoms with Gasteiger partial charge in [0.15, 0.2) is 5.03 Å². The summed E-state index contributed by atoms with van der Waals surface area (Å²) in [6, 6.07) is 0. The number of rotatable bonds is 8. The molecule has 1 heterocycles. The fourth-order valence-electron chi connectivity index (χ4n) is 1.76. The van der Waals surface area contributed by atoms with Gasteiger partial charge in [-0.2, -0.15) is 0 Å². The fourth-order valence-corrected chi connectivity index (χ4v) is 4.20. The number of alkyl halides is 2. The van der Waals surface area contributed by atoms with Gasteiger partial charge in [0.25, 0.3) is 10.0 Å². The maximum Gasteiger partial charge on any atom is 0.260 e. The minimum Gasteiger partial charge on any atom is -0.334 e. The predicted molar refractivity (Wildman–Crippen MR) is 82.0 cm³/mol. The van der Waals surface area contributed by atoms with Crippen LogP contribution in [-0.2, 0) is 16.6 Å². The van der Waals surface area contributed by atoms with E-state index in [9.17, 15) is 8.42 Å². The zero-order chi connectivity index (χ0) is 15.4. The van der Waals surface area contributed by atoms with Gasteiger partial charge < -0.3 is 4.57 Å². The summed E-state index contributed by atoms with van der Waals surface area (Å²) >= 11 is 11.7. The highest BCUT2D eigenvalue weighted by molar-refractivity contribution is 7.89. The van der Waals surface area contributed by atoms with Crippen molar-refractivity contribution in [3.63, 3.8) is 0 Å². The first-order valence-corrected chi connectivity index (χ1v) is 9.09. The molecule has 0 saturated carbocycles. The van der Waals surface area contributed by atoms with Crippen LogP contribution in [0.5, 0.6) is 0 Å². The first kappa shape index (κ1) is 17.8. The number of nitrogens with one attached hydrogen (secondary N) is 1. The van der Waals surface area contributed by atoms with E-state index in [0.717, 1.165) is 13.0 Å². The third-order valence-electron chi connectivity index (χ3n) is 3.23. The van der Waals surface area contributed by atoms with Crippen molar-refractivity contribution in [2.24, 2.45) is 0 Å². The molecule has 0 aliphatic rings. The van der Waals surface area contributed by atoms with Gasteiger partial charge in [0.1, 0.15) is 5.82 Å². The average molecular weight is 342 g/mol. The highest BCUT2D eigenvalue weighted by Crippen LogP contribution is 2.19. The molecule has 0 fully saturated rings. The zero-order valence-electron chi connectivity index (χ0n) is 12.0. The number of hydrogen-bond acceptors (Lipinski definition) is 3. The minimum atomic E-state index is -3.73. The SMILES string of the molecule is CCCn1cc(S(=O)(=O)NC(CC)(CCl)CCl)nc1C. The molecule has 5 nitrogen and oxygen atoms in total. The molecule has 0 bridgehead atoms. The molecule has 1 N–H and O–H groups in total. The molecule has 20 heavy (non-hydrogen) atoms. The van der Waals surface area contributed by atoms with Crippen molar-refractivity contribution in [1.29, 1.82) is 0 Å². The third-order valence-corrected chi connectivity index (χ3v) is 5.71. The quantitative estimate of drug-likeness (QED) is 0.739. The molecule has 8 heteroatoms. The van der Waals surface area contributed by atoms with Crippen LogP contribution < -0.4 is 4.72 Å². The Balaban J connectivity index is 3.07. The van der Waals surface area contributed by atoms with Gasteiger partial charge in [-0.1, -0.05) is 13.8 Å². The lowest BCUT2D eigenvalue weighted by Gasteiger charge is -2.28. The van der Waals surface area contributed by atoms with Crippen molar-refractivity contribution in [3.05, 3.63) is 12.0 Å². The summed E-state index contributed by atoms with van der Waals surface area (Å²) in [5, 5.41) is 0.0107. The lowest BCUT2D eigenvalue weighted by molar-refractivity contribution is 0.448. The van der Waals surface area contributed by atoms with Crippen LogP contribution in [-0.4, -0.2) is 35.3 Å². The molecule has 0 saturated heterocycles. The molecule has 0 atom stereocenters. The lowest BCUT2D eigenvalue weighted by Crippen LogP contribution is -2.51.